The molecule has 1 aliphatic heterocycles. The Bertz CT molecular complexity index is 1280. The fourth-order valence-corrected chi connectivity index (χ4v) is 4.29. The Kier molecular flexibility index (Phi) is 6.61. The number of nitrogens with zero attached hydrogens (tertiary/aromatic N) is 1. The molecule has 1 aliphatic rings. The fourth-order valence-electron chi connectivity index (χ4n) is 4.29. The van der Waals surface area contributed by atoms with Crippen molar-refractivity contribution in [1.29, 1.82) is 0 Å². The highest BCUT2D eigenvalue weighted by Gasteiger charge is 2.62. The second-order valence-corrected chi connectivity index (χ2v) is 8.40. The highest BCUT2D eigenvalue weighted by Crippen LogP contribution is 2.41. The summed E-state index contributed by atoms with van der Waals surface area (Å²) in [5.41, 5.74) is 7.68. The molecule has 3 aromatic carbocycles. The lowest BCUT2D eigenvalue weighted by molar-refractivity contribution is -0.228. The quantitative estimate of drug-likeness (QED) is 0.399. The van der Waals surface area contributed by atoms with Gasteiger partial charge in [-0.2, -0.15) is 13.2 Å². The average molecular weight is 499 g/mol. The third kappa shape index (κ3) is 4.46. The molecule has 2 atom stereocenters. The van der Waals surface area contributed by atoms with E-state index < -0.39 is 29.6 Å². The van der Waals surface area contributed by atoms with Crippen molar-refractivity contribution in [2.24, 2.45) is 5.73 Å². The van der Waals surface area contributed by atoms with E-state index in [-0.39, 0.29) is 0 Å². The van der Waals surface area contributed by atoms with Gasteiger partial charge in [0.2, 0.25) is 0 Å². The SMILES string of the molecule is COCc1cccc(-c2cccc(C3(c4ccccc4)NC(N)(OC(=O)C(F)(F)F)N(C)C3=O)c2)c1. The first-order valence-electron chi connectivity index (χ1n) is 10.9. The molecule has 1 fully saturated rings. The first kappa shape index (κ1) is 25.4. The number of hydrogen-bond acceptors (Lipinski definition) is 6. The molecule has 4 rings (SSSR count). The molecule has 7 nitrogen and oxygen atoms in total. The van der Waals surface area contributed by atoms with Gasteiger partial charge in [-0.3, -0.25) is 15.4 Å². The predicted octanol–water partition coefficient (Wildman–Crippen LogP) is 3.48. The molecule has 36 heavy (non-hydrogen) atoms. The van der Waals surface area contributed by atoms with Crippen LogP contribution in [0.2, 0.25) is 0 Å². The molecule has 0 bridgehead atoms. The summed E-state index contributed by atoms with van der Waals surface area (Å²) in [4.78, 5) is 26.2. The molecule has 0 aromatic heterocycles. The van der Waals surface area contributed by atoms with E-state index in [1.165, 1.54) is 7.05 Å². The molecule has 0 spiro atoms. The van der Waals surface area contributed by atoms with Crippen molar-refractivity contribution >= 4 is 11.9 Å². The Labute approximate surface area is 205 Å². The number of amides is 1. The number of esters is 1. The lowest BCUT2D eigenvalue weighted by atomic mass is 9.81. The van der Waals surface area contributed by atoms with E-state index in [9.17, 15) is 22.8 Å². The van der Waals surface area contributed by atoms with E-state index in [0.717, 1.165) is 21.6 Å². The van der Waals surface area contributed by atoms with Gasteiger partial charge in [-0.05, 0) is 39.9 Å². The molecule has 3 aromatic rings. The Morgan fingerprint density at radius 3 is 2.22 bits per heavy atom. The van der Waals surface area contributed by atoms with Crippen LogP contribution >= 0.6 is 0 Å². The van der Waals surface area contributed by atoms with Crippen molar-refractivity contribution < 1.29 is 32.2 Å². The van der Waals surface area contributed by atoms with Gasteiger partial charge in [0.15, 0.2) is 5.54 Å². The predicted molar refractivity (Wildman–Crippen MR) is 125 cm³/mol. The second kappa shape index (κ2) is 9.38. The van der Waals surface area contributed by atoms with Crippen LogP contribution in [-0.2, 0) is 31.2 Å². The zero-order valence-electron chi connectivity index (χ0n) is 19.5. The number of likely N-dealkylation sites (N-methyl/N-ethyl adjacent to an activating group) is 1. The van der Waals surface area contributed by atoms with Gasteiger partial charge in [0, 0.05) is 14.2 Å². The molecule has 0 saturated carbocycles. The van der Waals surface area contributed by atoms with Crippen molar-refractivity contribution in [2.75, 3.05) is 14.2 Å². The highest BCUT2D eigenvalue weighted by molar-refractivity contribution is 5.95. The number of carbonyl (C=O) groups excluding carboxylic acids is 2. The number of benzene rings is 3. The standard InChI is InChI=1S/C26H24F3N3O4/c1-32-22(33)24(20-11-4-3-5-12-20,31-26(32,30)36-23(34)25(27,28)29)21-13-7-10-19(15-21)18-9-6-8-17(14-18)16-35-2/h3-15,31H,16,30H2,1-2H3. The highest BCUT2D eigenvalue weighted by atomic mass is 19.4. The molecule has 3 N–H and O–H groups in total. The molecule has 188 valence electrons. The number of ether oxygens (including phenoxy) is 2. The molecule has 1 heterocycles. The normalized spacial score (nSPS) is 22.1. The van der Waals surface area contributed by atoms with Crippen molar-refractivity contribution in [3.63, 3.8) is 0 Å². The number of nitrogens with two attached hydrogens (primary N) is 1. The maximum atomic E-state index is 13.8. The molecule has 10 heteroatoms. The summed E-state index contributed by atoms with van der Waals surface area (Å²) in [5.74, 6) is -5.78. The maximum absolute atomic E-state index is 13.8. The van der Waals surface area contributed by atoms with Gasteiger partial charge < -0.3 is 9.47 Å². The fraction of sp³-hybridized carbons (Fsp3) is 0.231. The molecule has 1 saturated heterocycles. The van der Waals surface area contributed by atoms with Gasteiger partial charge >= 0.3 is 18.1 Å². The summed E-state index contributed by atoms with van der Waals surface area (Å²) >= 11 is 0. The zero-order valence-corrected chi connectivity index (χ0v) is 19.5. The molecule has 0 aliphatic carbocycles. The van der Waals surface area contributed by atoms with Crippen LogP contribution in [0.15, 0.2) is 78.9 Å². The first-order valence-corrected chi connectivity index (χ1v) is 10.9. The van der Waals surface area contributed by atoms with Crippen molar-refractivity contribution in [2.45, 2.75) is 24.3 Å². The third-order valence-electron chi connectivity index (χ3n) is 6.04. The molecular formula is C26H24F3N3O4. The molecule has 1 amide bonds. The second-order valence-electron chi connectivity index (χ2n) is 8.40. The summed E-state index contributed by atoms with van der Waals surface area (Å²) < 4.78 is 48.8. The topological polar surface area (TPSA) is 93.9 Å². The summed E-state index contributed by atoms with van der Waals surface area (Å²) in [6, 6.07) is 23.0. The van der Waals surface area contributed by atoms with Gasteiger partial charge in [0.05, 0.1) is 6.61 Å². The largest absolute Gasteiger partial charge is 0.491 e. The van der Waals surface area contributed by atoms with E-state index in [0.29, 0.717) is 17.7 Å². The Morgan fingerprint density at radius 1 is 0.972 bits per heavy atom. The Hall–Kier alpha value is -3.73. The van der Waals surface area contributed by atoms with Crippen molar-refractivity contribution in [3.05, 3.63) is 95.6 Å². The summed E-state index contributed by atoms with van der Waals surface area (Å²) in [6.45, 7) is 0.409. The van der Waals surface area contributed by atoms with Gasteiger partial charge in [-0.1, -0.05) is 66.7 Å². The minimum absolute atomic E-state index is 0.399. The van der Waals surface area contributed by atoms with Crippen LogP contribution in [0.25, 0.3) is 11.1 Å². The van der Waals surface area contributed by atoms with E-state index in [1.54, 1.807) is 55.6 Å². The summed E-state index contributed by atoms with van der Waals surface area (Å²) in [7, 11) is 2.76. The molecule has 0 radical (unpaired) electrons. The number of nitrogens with one attached hydrogen (secondary N) is 1. The van der Waals surface area contributed by atoms with Gasteiger partial charge in [0.1, 0.15) is 0 Å². The van der Waals surface area contributed by atoms with Crippen LogP contribution in [0.1, 0.15) is 16.7 Å². The lowest BCUT2D eigenvalue weighted by Gasteiger charge is -2.32. The molecular weight excluding hydrogens is 475 g/mol. The number of alkyl halides is 3. The van der Waals surface area contributed by atoms with E-state index in [2.05, 4.69) is 10.1 Å². The van der Waals surface area contributed by atoms with E-state index >= 15 is 0 Å². The first-order chi connectivity index (χ1) is 17.0. The van der Waals surface area contributed by atoms with E-state index in [1.807, 2.05) is 30.3 Å². The Morgan fingerprint density at radius 2 is 1.58 bits per heavy atom. The van der Waals surface area contributed by atoms with Crippen LogP contribution in [-0.4, -0.2) is 43.1 Å². The van der Waals surface area contributed by atoms with Crippen LogP contribution in [0.3, 0.4) is 0 Å². The van der Waals surface area contributed by atoms with Crippen LogP contribution in [0.4, 0.5) is 13.2 Å². The number of halogens is 3. The van der Waals surface area contributed by atoms with Gasteiger partial charge in [-0.25, -0.2) is 10.1 Å². The zero-order chi connectivity index (χ0) is 26.1. The number of hydrogen-bond donors (Lipinski definition) is 2. The summed E-state index contributed by atoms with van der Waals surface area (Å²) in [5, 5.41) is 2.72. The molecule has 2 unspecified atom stereocenters. The monoisotopic (exact) mass is 499 g/mol. The smallest absolute Gasteiger partial charge is 0.404 e. The lowest BCUT2D eigenvalue weighted by Crippen LogP contribution is -2.64. The van der Waals surface area contributed by atoms with Gasteiger partial charge in [-0.15, -0.1) is 0 Å². The van der Waals surface area contributed by atoms with Crippen LogP contribution in [0, 0.1) is 0 Å². The number of methoxy groups -OCH3 is 1. The minimum atomic E-state index is -5.30. The number of rotatable bonds is 6. The third-order valence-corrected chi connectivity index (χ3v) is 6.04. The number of carbonyl (C=O) groups is 2. The van der Waals surface area contributed by atoms with Crippen molar-refractivity contribution in [3.8, 4) is 11.1 Å². The average Bonchev–Trinajstić information content (AvgIpc) is 3.06. The maximum Gasteiger partial charge on any atom is 0.491 e. The van der Waals surface area contributed by atoms with E-state index in [4.69, 9.17) is 10.5 Å². The van der Waals surface area contributed by atoms with Gasteiger partial charge in [0.25, 0.3) is 5.91 Å². The summed E-state index contributed by atoms with van der Waals surface area (Å²) in [6.07, 6.45) is -5.30. The van der Waals surface area contributed by atoms with Crippen LogP contribution in [0.5, 0.6) is 0 Å². The van der Waals surface area contributed by atoms with Crippen LogP contribution < -0.4 is 11.1 Å². The minimum Gasteiger partial charge on any atom is -0.404 e. The Balaban J connectivity index is 1.85. The van der Waals surface area contributed by atoms with Crippen molar-refractivity contribution in [1.82, 2.24) is 10.2 Å².